The molecule has 42 heavy (non-hydrogen) atoms. The number of phenolic OH excluding ortho intramolecular Hbond substituents is 1. The van der Waals surface area contributed by atoms with Crippen molar-refractivity contribution in [2.24, 2.45) is 22.7 Å². The molecule has 0 heterocycles. The van der Waals surface area contributed by atoms with Crippen molar-refractivity contribution in [3.05, 3.63) is 29.3 Å². The summed E-state index contributed by atoms with van der Waals surface area (Å²) in [4.78, 5) is 51.4. The van der Waals surface area contributed by atoms with E-state index in [0.717, 1.165) is 32.1 Å². The van der Waals surface area contributed by atoms with Crippen molar-refractivity contribution in [3.63, 3.8) is 0 Å². The number of hydrogen-bond donors (Lipinski definition) is 8. The number of nitrogens with one attached hydrogen (secondary N) is 2. The summed E-state index contributed by atoms with van der Waals surface area (Å²) in [6.45, 7) is 9.20. The number of benzene rings is 1. The molecule has 13 heteroatoms. The minimum Gasteiger partial charge on any atom is -0.508 e. The van der Waals surface area contributed by atoms with Crippen molar-refractivity contribution >= 4 is 21.1 Å². The van der Waals surface area contributed by atoms with Crippen molar-refractivity contribution in [2.45, 2.75) is 102 Å². The molecule has 3 unspecified atom stereocenters. The summed E-state index contributed by atoms with van der Waals surface area (Å²) in [5.41, 5.74) is -0.879. The summed E-state index contributed by atoms with van der Waals surface area (Å²) in [7, 11) is -10.1. The number of aryl methyl sites for hydroxylation is 1. The lowest BCUT2D eigenvalue weighted by molar-refractivity contribution is -0.161. The van der Waals surface area contributed by atoms with Gasteiger partial charge in [-0.2, -0.15) is 0 Å². The van der Waals surface area contributed by atoms with Crippen LogP contribution in [0.25, 0.3) is 0 Å². The monoisotopic (exact) mass is 630 g/mol. The van der Waals surface area contributed by atoms with E-state index in [1.165, 1.54) is 11.1 Å². The molecule has 0 spiro atoms. The highest BCUT2D eigenvalue weighted by molar-refractivity contribution is 7.70. The van der Waals surface area contributed by atoms with Crippen LogP contribution in [0.4, 0.5) is 0 Å². The summed E-state index contributed by atoms with van der Waals surface area (Å²) < 4.78 is 23.2. The first-order valence-corrected chi connectivity index (χ1v) is 18.1. The number of aliphatic hydroxyl groups is 1. The molecule has 3 aliphatic rings. The van der Waals surface area contributed by atoms with Crippen LogP contribution >= 0.6 is 15.2 Å². The smallest absolute Gasteiger partial charge is 0.342 e. The Morgan fingerprint density at radius 1 is 1.05 bits per heavy atom. The van der Waals surface area contributed by atoms with E-state index in [-0.39, 0.29) is 24.1 Å². The predicted molar refractivity (Wildman–Crippen MR) is 159 cm³/mol. The van der Waals surface area contributed by atoms with Gasteiger partial charge in [-0.15, -0.1) is 0 Å². The molecular weight excluding hydrogens is 582 g/mol. The van der Waals surface area contributed by atoms with Crippen LogP contribution in [0.1, 0.15) is 90.2 Å². The van der Waals surface area contributed by atoms with Crippen molar-refractivity contribution in [1.29, 1.82) is 0 Å². The van der Waals surface area contributed by atoms with Crippen LogP contribution in [0.3, 0.4) is 0 Å². The molecule has 2 saturated carbocycles. The molecule has 3 aliphatic carbocycles. The summed E-state index contributed by atoms with van der Waals surface area (Å²) >= 11 is 0. The van der Waals surface area contributed by atoms with Gasteiger partial charge in [0, 0.05) is 24.0 Å². The Morgan fingerprint density at radius 3 is 2.31 bits per heavy atom. The first kappa shape index (κ1) is 33.6. The van der Waals surface area contributed by atoms with Crippen LogP contribution in [0, 0.1) is 22.7 Å². The minimum absolute atomic E-state index is 0.190. The minimum atomic E-state index is -5.03. The Hall–Kier alpha value is -1.29. The highest BCUT2D eigenvalue weighted by Crippen LogP contribution is 2.64. The SMILES string of the molecule is CC(C)(CNCC(P(=O)(O)O)P(=O)(O)O)CC(C)(C)NC(=O)[C@@]1(O)CCC2C3CCc4cc(O)ccc4C3CC[C@@]21C. The van der Waals surface area contributed by atoms with Gasteiger partial charge in [-0.25, -0.2) is 0 Å². The molecule has 8 N–H and O–H groups in total. The highest BCUT2D eigenvalue weighted by Gasteiger charge is 2.65. The molecular formula is C29H48N2O9P2. The normalized spacial score (nSPS) is 30.0. The van der Waals surface area contributed by atoms with Crippen LogP contribution in [0.15, 0.2) is 18.2 Å². The molecule has 1 aromatic rings. The second-order valence-electron chi connectivity index (χ2n) is 14.6. The van der Waals surface area contributed by atoms with Gasteiger partial charge in [0.2, 0.25) is 0 Å². The first-order valence-electron chi connectivity index (χ1n) is 14.8. The quantitative estimate of drug-likeness (QED) is 0.177. The fourth-order valence-electron chi connectivity index (χ4n) is 8.65. The van der Waals surface area contributed by atoms with Crippen molar-refractivity contribution in [1.82, 2.24) is 10.6 Å². The molecule has 1 aromatic carbocycles. The standard InChI is InChI=1S/C29H48N2O9P2/c1-26(2,17-30-15-24(41(35,36)37)42(38,39)40)16-27(3,4)31-25(33)29(34)13-11-23-22-8-6-18-14-19(32)7-9-20(18)21(22)10-12-28(23,29)5/h7,9,14,21-24,30,32,34H,6,8,10-13,15-17H2,1-5H3,(H,31,33)(H2,35,36,37)(H2,38,39,40)/t21?,22?,23?,28-,29-/m0/s1. The number of rotatable bonds is 10. The number of aromatic hydroxyl groups is 1. The third-order valence-electron chi connectivity index (χ3n) is 10.3. The molecule has 0 aromatic heterocycles. The molecule has 0 bridgehead atoms. The Morgan fingerprint density at radius 2 is 1.69 bits per heavy atom. The summed E-state index contributed by atoms with van der Waals surface area (Å²) in [6, 6.07) is 5.65. The third kappa shape index (κ3) is 6.54. The lowest BCUT2D eigenvalue weighted by atomic mass is 9.53. The topological polar surface area (TPSA) is 197 Å². The van der Waals surface area contributed by atoms with Gasteiger partial charge in [-0.05, 0) is 105 Å². The van der Waals surface area contributed by atoms with E-state index in [9.17, 15) is 43.7 Å². The maximum absolute atomic E-state index is 13.9. The van der Waals surface area contributed by atoms with Gasteiger partial charge in [0.15, 0.2) is 5.40 Å². The van der Waals surface area contributed by atoms with Crippen LogP contribution in [0.5, 0.6) is 5.75 Å². The van der Waals surface area contributed by atoms with Crippen molar-refractivity contribution in [2.75, 3.05) is 13.1 Å². The average Bonchev–Trinajstić information content (AvgIpc) is 3.10. The maximum Gasteiger partial charge on any atom is 0.342 e. The van der Waals surface area contributed by atoms with Crippen LogP contribution in [-0.4, -0.2) is 65.3 Å². The fraction of sp³-hybridized carbons (Fsp3) is 0.759. The van der Waals surface area contributed by atoms with E-state index in [1.807, 2.05) is 39.8 Å². The number of carbonyl (C=O) groups is 1. The Kier molecular flexibility index (Phi) is 9.00. The molecule has 0 aliphatic heterocycles. The van der Waals surface area contributed by atoms with Gasteiger partial charge in [0.25, 0.3) is 5.91 Å². The van der Waals surface area contributed by atoms with Gasteiger partial charge in [-0.3, -0.25) is 13.9 Å². The lowest BCUT2D eigenvalue weighted by Crippen LogP contribution is -2.62. The first-order chi connectivity index (χ1) is 19.1. The predicted octanol–water partition coefficient (Wildman–Crippen LogP) is 3.56. The third-order valence-corrected chi connectivity index (χ3v) is 14.0. The summed E-state index contributed by atoms with van der Waals surface area (Å²) in [5.74, 6) is 0.828. The molecule has 0 radical (unpaired) electrons. The number of carbonyl (C=O) groups excluding carboxylic acids is 1. The van der Waals surface area contributed by atoms with Crippen LogP contribution < -0.4 is 10.6 Å². The van der Waals surface area contributed by atoms with Crippen LogP contribution in [-0.2, 0) is 20.3 Å². The van der Waals surface area contributed by atoms with Crippen molar-refractivity contribution < 1.29 is 43.7 Å². The molecule has 5 atom stereocenters. The van der Waals surface area contributed by atoms with E-state index in [1.54, 1.807) is 6.07 Å². The van der Waals surface area contributed by atoms with E-state index in [0.29, 0.717) is 24.7 Å². The van der Waals surface area contributed by atoms with Crippen LogP contribution in [0.2, 0.25) is 0 Å². The largest absolute Gasteiger partial charge is 0.508 e. The Bertz CT molecular complexity index is 1270. The maximum atomic E-state index is 13.9. The number of hydrogen-bond acceptors (Lipinski definition) is 6. The molecule has 11 nitrogen and oxygen atoms in total. The molecule has 238 valence electrons. The summed E-state index contributed by atoms with van der Waals surface area (Å²) in [5, 5.41) is 25.8. The van der Waals surface area contributed by atoms with Crippen molar-refractivity contribution in [3.8, 4) is 5.75 Å². The Labute approximate surface area is 248 Å². The van der Waals surface area contributed by atoms with E-state index < -0.39 is 49.1 Å². The lowest BCUT2D eigenvalue weighted by Gasteiger charge is -2.53. The van der Waals surface area contributed by atoms with E-state index in [2.05, 4.69) is 17.6 Å². The number of phenols is 1. The van der Waals surface area contributed by atoms with Gasteiger partial charge in [0.1, 0.15) is 11.4 Å². The van der Waals surface area contributed by atoms with Gasteiger partial charge in [0.05, 0.1) is 0 Å². The zero-order chi connectivity index (χ0) is 31.5. The van der Waals surface area contributed by atoms with Gasteiger partial charge < -0.3 is 40.4 Å². The second-order valence-corrected chi connectivity index (χ2v) is 18.6. The average molecular weight is 631 g/mol. The fourth-order valence-corrected chi connectivity index (χ4v) is 10.9. The zero-order valence-electron chi connectivity index (χ0n) is 25.2. The molecule has 1 amide bonds. The number of fused-ring (bicyclic) bond motifs is 5. The molecule has 2 fully saturated rings. The second kappa shape index (κ2) is 11.3. The Balaban J connectivity index is 1.41. The van der Waals surface area contributed by atoms with Gasteiger partial charge >= 0.3 is 15.2 Å². The molecule has 0 saturated heterocycles. The number of amides is 1. The van der Waals surface area contributed by atoms with Gasteiger partial charge in [-0.1, -0.05) is 26.8 Å². The summed E-state index contributed by atoms with van der Waals surface area (Å²) in [6.07, 6.45) is 5.03. The zero-order valence-corrected chi connectivity index (χ0v) is 27.0. The van der Waals surface area contributed by atoms with E-state index >= 15 is 0 Å². The molecule has 4 rings (SSSR count). The highest BCUT2D eigenvalue weighted by atomic mass is 31.2. The van der Waals surface area contributed by atoms with E-state index in [4.69, 9.17) is 0 Å².